The molecule has 2 N–H and O–H groups in total. The van der Waals surface area contributed by atoms with Crippen LogP contribution in [0.5, 0.6) is 5.75 Å². The van der Waals surface area contributed by atoms with E-state index in [0.717, 1.165) is 6.07 Å². The lowest BCUT2D eigenvalue weighted by atomic mass is 9.95. The highest BCUT2D eigenvalue weighted by Crippen LogP contribution is 2.44. The lowest BCUT2D eigenvalue weighted by Gasteiger charge is -2.34. The molecule has 4 rings (SSSR count). The SMILES string of the molecule is CC[C@@H]1C[C@H]2CN(CC)C(=O)c3c(O)c(=O)c(C(=O)NCc4ccc(F)cc4F)c1n32. The fourth-order valence-electron chi connectivity index (χ4n) is 4.65. The van der Waals surface area contributed by atoms with E-state index in [0.29, 0.717) is 37.7 Å². The van der Waals surface area contributed by atoms with Gasteiger partial charge in [0.05, 0.1) is 6.04 Å². The lowest BCUT2D eigenvalue weighted by Crippen LogP contribution is -2.44. The maximum Gasteiger partial charge on any atom is 0.274 e. The van der Waals surface area contributed by atoms with Gasteiger partial charge in [-0.15, -0.1) is 0 Å². The summed E-state index contributed by atoms with van der Waals surface area (Å²) < 4.78 is 28.7. The lowest BCUT2D eigenvalue weighted by molar-refractivity contribution is 0.0675. The van der Waals surface area contributed by atoms with E-state index in [-0.39, 0.29) is 35.3 Å². The molecular weight excluding hydrogens is 408 g/mol. The highest BCUT2D eigenvalue weighted by atomic mass is 19.1. The van der Waals surface area contributed by atoms with Gasteiger partial charge in [-0.2, -0.15) is 0 Å². The summed E-state index contributed by atoms with van der Waals surface area (Å²) in [6, 6.07) is 2.86. The number of amides is 2. The van der Waals surface area contributed by atoms with E-state index in [1.807, 2.05) is 13.8 Å². The molecule has 0 unspecified atom stereocenters. The summed E-state index contributed by atoms with van der Waals surface area (Å²) in [4.78, 5) is 40.4. The van der Waals surface area contributed by atoms with Gasteiger partial charge in [-0.1, -0.05) is 13.0 Å². The van der Waals surface area contributed by atoms with Crippen LogP contribution in [0.2, 0.25) is 0 Å². The Morgan fingerprint density at radius 3 is 2.65 bits per heavy atom. The van der Waals surface area contributed by atoms with Crippen molar-refractivity contribution in [2.75, 3.05) is 13.1 Å². The molecule has 2 amide bonds. The minimum Gasteiger partial charge on any atom is -0.503 e. The Morgan fingerprint density at radius 2 is 2.00 bits per heavy atom. The van der Waals surface area contributed by atoms with E-state index >= 15 is 0 Å². The van der Waals surface area contributed by atoms with E-state index in [9.17, 15) is 28.3 Å². The third-order valence-electron chi connectivity index (χ3n) is 6.21. The first-order valence-corrected chi connectivity index (χ1v) is 10.3. The van der Waals surface area contributed by atoms with Crippen LogP contribution in [-0.2, 0) is 6.54 Å². The number of hydrogen-bond donors (Lipinski definition) is 2. The van der Waals surface area contributed by atoms with Gasteiger partial charge in [-0.25, -0.2) is 8.78 Å². The number of hydrogen-bond acceptors (Lipinski definition) is 4. The van der Waals surface area contributed by atoms with Gasteiger partial charge in [-0.05, 0) is 25.8 Å². The van der Waals surface area contributed by atoms with Gasteiger partial charge < -0.3 is 19.9 Å². The molecule has 7 nitrogen and oxygen atoms in total. The Morgan fingerprint density at radius 1 is 1.26 bits per heavy atom. The van der Waals surface area contributed by atoms with Crippen molar-refractivity contribution >= 4 is 11.8 Å². The van der Waals surface area contributed by atoms with Crippen LogP contribution in [0, 0.1) is 11.6 Å². The van der Waals surface area contributed by atoms with Gasteiger partial charge in [0.25, 0.3) is 11.8 Å². The summed E-state index contributed by atoms with van der Waals surface area (Å²) in [6.07, 6.45) is 1.29. The van der Waals surface area contributed by atoms with Crippen molar-refractivity contribution in [3.8, 4) is 5.75 Å². The molecule has 0 saturated carbocycles. The third-order valence-corrected chi connectivity index (χ3v) is 6.21. The number of aromatic hydroxyl groups is 1. The molecule has 1 aromatic heterocycles. The predicted molar refractivity (Wildman–Crippen MR) is 108 cm³/mol. The molecule has 2 aromatic rings. The van der Waals surface area contributed by atoms with E-state index in [1.54, 1.807) is 9.47 Å². The average molecular weight is 431 g/mol. The Labute approximate surface area is 177 Å². The second kappa shape index (κ2) is 7.79. The largest absolute Gasteiger partial charge is 0.503 e. The van der Waals surface area contributed by atoms with Crippen LogP contribution < -0.4 is 10.7 Å². The molecule has 0 saturated heterocycles. The quantitative estimate of drug-likeness (QED) is 0.762. The summed E-state index contributed by atoms with van der Waals surface area (Å²) in [5.74, 6) is -3.63. The number of aromatic nitrogens is 1. The molecule has 0 aliphatic carbocycles. The number of rotatable bonds is 5. The zero-order valence-corrected chi connectivity index (χ0v) is 17.2. The summed E-state index contributed by atoms with van der Waals surface area (Å²) in [7, 11) is 0. The summed E-state index contributed by atoms with van der Waals surface area (Å²) in [5, 5.41) is 13.1. The van der Waals surface area contributed by atoms with Crippen molar-refractivity contribution in [3.63, 3.8) is 0 Å². The van der Waals surface area contributed by atoms with Crippen LogP contribution in [-0.4, -0.2) is 39.5 Å². The molecule has 0 fully saturated rings. The normalized spacial score (nSPS) is 19.5. The van der Waals surface area contributed by atoms with Crippen molar-refractivity contribution < 1.29 is 23.5 Å². The van der Waals surface area contributed by atoms with Crippen LogP contribution >= 0.6 is 0 Å². The molecule has 3 heterocycles. The minimum atomic E-state index is -0.913. The van der Waals surface area contributed by atoms with E-state index in [1.165, 1.54) is 6.07 Å². The Kier molecular flexibility index (Phi) is 5.28. The standard InChI is InChI=1S/C22H23F2N3O4/c1-3-11-7-14-10-26(4-2)22(31)18-20(29)19(28)16(17(11)27(14)18)21(30)25-9-12-5-6-13(23)8-15(12)24/h5-6,8,11,14,29H,3-4,7,9-10H2,1-2H3,(H,25,30)/t11-,14+/m1/s1. The molecule has 2 atom stereocenters. The number of carbonyl (C=O) groups is 2. The minimum absolute atomic E-state index is 0.0622. The Balaban J connectivity index is 1.77. The number of nitrogens with zero attached hydrogens (tertiary/aromatic N) is 2. The molecule has 31 heavy (non-hydrogen) atoms. The molecule has 0 spiro atoms. The fraction of sp³-hybridized carbons (Fsp3) is 0.409. The first-order chi connectivity index (χ1) is 14.8. The molecule has 2 aliphatic heterocycles. The number of carbonyl (C=O) groups excluding carboxylic acids is 2. The van der Waals surface area contributed by atoms with Crippen molar-refractivity contribution in [2.45, 2.75) is 45.2 Å². The zero-order chi connectivity index (χ0) is 22.4. The first kappa shape index (κ1) is 21.0. The molecule has 1 aromatic carbocycles. The third kappa shape index (κ3) is 3.28. The molecular formula is C22H23F2N3O4. The number of nitrogens with one attached hydrogen (secondary N) is 1. The molecule has 2 aliphatic rings. The second-order valence-corrected chi connectivity index (χ2v) is 7.91. The molecule has 0 bridgehead atoms. The Hall–Kier alpha value is -3.23. The van der Waals surface area contributed by atoms with Gasteiger partial charge in [0.15, 0.2) is 11.4 Å². The van der Waals surface area contributed by atoms with Gasteiger partial charge in [0.1, 0.15) is 17.2 Å². The number of halogens is 2. The van der Waals surface area contributed by atoms with Crippen molar-refractivity contribution in [1.82, 2.24) is 14.8 Å². The maximum atomic E-state index is 13.9. The van der Waals surface area contributed by atoms with Crippen LogP contribution in [0.15, 0.2) is 23.0 Å². The van der Waals surface area contributed by atoms with Crippen molar-refractivity contribution in [2.24, 2.45) is 0 Å². The molecule has 0 radical (unpaired) electrons. The molecule has 164 valence electrons. The molecule has 9 heteroatoms. The Bertz CT molecular complexity index is 1140. The van der Waals surface area contributed by atoms with E-state index in [2.05, 4.69) is 5.32 Å². The van der Waals surface area contributed by atoms with E-state index < -0.39 is 34.6 Å². The van der Waals surface area contributed by atoms with Crippen LogP contribution in [0.25, 0.3) is 0 Å². The summed E-state index contributed by atoms with van der Waals surface area (Å²) in [5.41, 5.74) is -0.714. The highest BCUT2D eigenvalue weighted by molar-refractivity contribution is 6.00. The first-order valence-electron chi connectivity index (χ1n) is 10.3. The van der Waals surface area contributed by atoms with Crippen LogP contribution in [0.3, 0.4) is 0 Å². The van der Waals surface area contributed by atoms with Gasteiger partial charge in [0, 0.05) is 42.9 Å². The topological polar surface area (TPSA) is 91.6 Å². The smallest absolute Gasteiger partial charge is 0.274 e. The highest BCUT2D eigenvalue weighted by Gasteiger charge is 2.44. The predicted octanol–water partition coefficient (Wildman–Crippen LogP) is 2.68. The van der Waals surface area contributed by atoms with Crippen LogP contribution in [0.4, 0.5) is 8.78 Å². The van der Waals surface area contributed by atoms with Gasteiger partial charge in [-0.3, -0.25) is 14.4 Å². The average Bonchev–Trinajstić information content (AvgIpc) is 3.10. The second-order valence-electron chi connectivity index (χ2n) is 7.91. The number of pyridine rings is 1. The monoisotopic (exact) mass is 431 g/mol. The number of likely N-dealkylation sites (N-methyl/N-ethyl adjacent to an activating group) is 1. The summed E-state index contributed by atoms with van der Waals surface area (Å²) >= 11 is 0. The van der Waals surface area contributed by atoms with Crippen molar-refractivity contribution in [1.29, 1.82) is 0 Å². The van der Waals surface area contributed by atoms with Gasteiger partial charge >= 0.3 is 0 Å². The number of benzene rings is 1. The maximum absolute atomic E-state index is 13.9. The summed E-state index contributed by atoms with van der Waals surface area (Å²) in [6.45, 7) is 4.39. The fourth-order valence-corrected chi connectivity index (χ4v) is 4.65. The van der Waals surface area contributed by atoms with Gasteiger partial charge in [0.2, 0.25) is 5.43 Å². The van der Waals surface area contributed by atoms with Crippen molar-refractivity contribution in [3.05, 3.63) is 62.6 Å². The van der Waals surface area contributed by atoms with Crippen LogP contribution in [0.1, 0.15) is 70.8 Å². The zero-order valence-electron chi connectivity index (χ0n) is 17.2. The van der Waals surface area contributed by atoms with E-state index in [4.69, 9.17) is 0 Å².